The fourth-order valence-electron chi connectivity index (χ4n) is 2.86. The molecule has 0 aliphatic carbocycles. The van der Waals surface area contributed by atoms with E-state index in [1.165, 1.54) is 7.11 Å². The van der Waals surface area contributed by atoms with Gasteiger partial charge in [0.2, 0.25) is 0 Å². The number of H-pyrrole nitrogens is 1. The van der Waals surface area contributed by atoms with Gasteiger partial charge in [0.1, 0.15) is 5.69 Å². The van der Waals surface area contributed by atoms with Gasteiger partial charge in [-0.05, 0) is 31.0 Å². The number of hydrogen-bond donors (Lipinski definition) is 1. The lowest BCUT2D eigenvalue weighted by molar-refractivity contribution is 0.0599. The van der Waals surface area contributed by atoms with Gasteiger partial charge in [0.15, 0.2) is 0 Å². The summed E-state index contributed by atoms with van der Waals surface area (Å²) in [4.78, 5) is 33.9. The van der Waals surface area contributed by atoms with Gasteiger partial charge >= 0.3 is 5.97 Å². The first-order valence-electron chi connectivity index (χ1n) is 8.44. The second kappa shape index (κ2) is 8.46. The van der Waals surface area contributed by atoms with Gasteiger partial charge in [-0.25, -0.2) is 4.79 Å². The molecule has 6 heteroatoms. The van der Waals surface area contributed by atoms with Crippen LogP contribution in [0.15, 0.2) is 24.4 Å². The summed E-state index contributed by atoms with van der Waals surface area (Å²) in [5.74, 6) is -0.537. The average Bonchev–Trinajstić information content (AvgIpc) is 2.95. The van der Waals surface area contributed by atoms with Gasteiger partial charge in [0.25, 0.3) is 5.91 Å². The van der Waals surface area contributed by atoms with Crippen LogP contribution in [0.4, 0.5) is 0 Å². The molecule has 2 heterocycles. The van der Waals surface area contributed by atoms with Crippen molar-refractivity contribution in [3.63, 3.8) is 0 Å². The number of nitrogens with zero attached hydrogens (tertiary/aromatic N) is 2. The molecular weight excluding hydrogens is 318 g/mol. The number of hydrogen-bond acceptors (Lipinski definition) is 4. The summed E-state index contributed by atoms with van der Waals surface area (Å²) < 4.78 is 4.87. The quantitative estimate of drug-likeness (QED) is 0.785. The van der Waals surface area contributed by atoms with E-state index in [0.29, 0.717) is 36.3 Å². The van der Waals surface area contributed by atoms with Gasteiger partial charge in [-0.2, -0.15) is 0 Å². The van der Waals surface area contributed by atoms with E-state index >= 15 is 0 Å². The molecule has 2 aromatic heterocycles. The maximum Gasteiger partial charge on any atom is 0.339 e. The summed E-state index contributed by atoms with van der Waals surface area (Å²) >= 11 is 0. The van der Waals surface area contributed by atoms with Crippen LogP contribution >= 0.6 is 0 Å². The van der Waals surface area contributed by atoms with Crippen molar-refractivity contribution < 1.29 is 14.3 Å². The van der Waals surface area contributed by atoms with Crippen molar-refractivity contribution in [1.29, 1.82) is 0 Å². The maximum atomic E-state index is 12.9. The molecule has 0 aromatic carbocycles. The minimum atomic E-state index is -0.410. The lowest BCUT2D eigenvalue weighted by atomic mass is 10.0. The maximum absolute atomic E-state index is 12.9. The van der Waals surface area contributed by atoms with Crippen LogP contribution in [0.1, 0.15) is 51.1 Å². The minimum absolute atomic E-state index is 0.127. The minimum Gasteiger partial charge on any atom is -0.465 e. The Labute approximate surface area is 148 Å². The number of rotatable bonds is 7. The Morgan fingerprint density at radius 2 is 2.04 bits per heavy atom. The zero-order valence-electron chi connectivity index (χ0n) is 15.3. The van der Waals surface area contributed by atoms with E-state index in [0.717, 1.165) is 17.7 Å². The van der Waals surface area contributed by atoms with Crippen molar-refractivity contribution in [2.45, 2.75) is 33.1 Å². The van der Waals surface area contributed by atoms with Crippen LogP contribution in [0.5, 0.6) is 0 Å². The van der Waals surface area contributed by atoms with Crippen LogP contribution in [0.3, 0.4) is 0 Å². The molecule has 0 spiro atoms. The van der Waals surface area contributed by atoms with E-state index in [1.807, 2.05) is 25.1 Å². The number of carbonyl (C=O) groups is 2. The molecule has 2 rings (SSSR count). The summed E-state index contributed by atoms with van der Waals surface area (Å²) in [6, 6.07) is 5.74. The van der Waals surface area contributed by atoms with E-state index in [-0.39, 0.29) is 5.91 Å². The molecule has 0 saturated carbocycles. The fourth-order valence-corrected chi connectivity index (χ4v) is 2.86. The predicted molar refractivity (Wildman–Crippen MR) is 95.8 cm³/mol. The van der Waals surface area contributed by atoms with Crippen LogP contribution < -0.4 is 0 Å². The largest absolute Gasteiger partial charge is 0.465 e. The molecule has 134 valence electrons. The first-order valence-corrected chi connectivity index (χ1v) is 8.44. The van der Waals surface area contributed by atoms with Crippen molar-refractivity contribution in [2.75, 3.05) is 20.7 Å². The van der Waals surface area contributed by atoms with Gasteiger partial charge in [0.05, 0.1) is 12.7 Å². The van der Waals surface area contributed by atoms with Crippen molar-refractivity contribution in [3.8, 4) is 0 Å². The lowest BCUT2D eigenvalue weighted by Gasteiger charge is -2.17. The Hall–Kier alpha value is -2.63. The fraction of sp³-hybridized carbons (Fsp3) is 0.421. The van der Waals surface area contributed by atoms with Gasteiger partial charge in [-0.15, -0.1) is 0 Å². The first-order chi connectivity index (χ1) is 12.0. The third-order valence-corrected chi connectivity index (χ3v) is 4.17. The Bertz CT molecular complexity index is 738. The number of aromatic amines is 1. The zero-order valence-corrected chi connectivity index (χ0v) is 15.3. The molecule has 0 radical (unpaired) electrons. The Morgan fingerprint density at radius 1 is 1.28 bits per heavy atom. The third-order valence-electron chi connectivity index (χ3n) is 4.17. The third kappa shape index (κ3) is 4.26. The van der Waals surface area contributed by atoms with E-state index in [2.05, 4.69) is 9.97 Å². The summed E-state index contributed by atoms with van der Waals surface area (Å²) in [5.41, 5.74) is 3.29. The smallest absolute Gasteiger partial charge is 0.339 e. The normalized spacial score (nSPS) is 10.6. The number of aromatic nitrogens is 2. The second-order valence-corrected chi connectivity index (χ2v) is 6.02. The van der Waals surface area contributed by atoms with E-state index in [9.17, 15) is 9.59 Å². The highest BCUT2D eigenvalue weighted by atomic mass is 16.5. The molecular formula is C19H25N3O3. The Balaban J connectivity index is 2.21. The molecule has 0 atom stereocenters. The molecule has 0 aliphatic heterocycles. The van der Waals surface area contributed by atoms with Crippen LogP contribution in [0.2, 0.25) is 0 Å². The molecule has 0 bridgehead atoms. The number of aryl methyl sites for hydroxylation is 1. The van der Waals surface area contributed by atoms with Gasteiger partial charge in [-0.3, -0.25) is 9.78 Å². The van der Waals surface area contributed by atoms with Crippen LogP contribution in [-0.2, 0) is 17.6 Å². The average molecular weight is 343 g/mol. The first kappa shape index (κ1) is 18.7. The van der Waals surface area contributed by atoms with Crippen molar-refractivity contribution in [3.05, 3.63) is 52.6 Å². The predicted octanol–water partition coefficient (Wildman–Crippen LogP) is 2.77. The summed E-state index contributed by atoms with van der Waals surface area (Å²) in [5, 5.41) is 0. The Kier molecular flexibility index (Phi) is 6.33. The van der Waals surface area contributed by atoms with Gasteiger partial charge in [-0.1, -0.05) is 19.4 Å². The number of esters is 1. The number of ether oxygens (including phenoxy) is 1. The topological polar surface area (TPSA) is 75.3 Å². The SMILES string of the molecule is CCCc1c(C(=O)N(C)CCc2ccccn2)[nH]c(C)c1C(=O)OC. The molecule has 0 aliphatic rings. The Morgan fingerprint density at radius 3 is 2.64 bits per heavy atom. The standard InChI is InChI=1S/C19H25N3O3/c1-5-8-15-16(19(24)25-4)13(2)21-17(15)18(23)22(3)12-10-14-9-6-7-11-20-14/h6-7,9,11,21H,5,8,10,12H2,1-4H3. The molecule has 1 N–H and O–H groups in total. The summed E-state index contributed by atoms with van der Waals surface area (Å²) in [6.45, 7) is 4.35. The number of likely N-dealkylation sites (N-methyl/N-ethyl adjacent to an activating group) is 1. The molecule has 0 saturated heterocycles. The highest BCUT2D eigenvalue weighted by Gasteiger charge is 2.26. The number of methoxy groups -OCH3 is 1. The molecule has 1 amide bonds. The van der Waals surface area contributed by atoms with Crippen LogP contribution in [0, 0.1) is 6.92 Å². The van der Waals surface area contributed by atoms with E-state index < -0.39 is 5.97 Å². The highest BCUT2D eigenvalue weighted by molar-refractivity contribution is 6.00. The van der Waals surface area contributed by atoms with E-state index in [4.69, 9.17) is 4.74 Å². The molecule has 25 heavy (non-hydrogen) atoms. The van der Waals surface area contributed by atoms with Gasteiger partial charge < -0.3 is 14.6 Å². The number of carbonyl (C=O) groups excluding carboxylic acids is 2. The van der Waals surface area contributed by atoms with Crippen LogP contribution in [0.25, 0.3) is 0 Å². The second-order valence-electron chi connectivity index (χ2n) is 6.02. The summed E-state index contributed by atoms with van der Waals surface area (Å²) in [7, 11) is 3.11. The van der Waals surface area contributed by atoms with Crippen molar-refractivity contribution in [1.82, 2.24) is 14.9 Å². The van der Waals surface area contributed by atoms with Gasteiger partial charge in [0, 0.05) is 37.6 Å². The van der Waals surface area contributed by atoms with Crippen molar-refractivity contribution in [2.24, 2.45) is 0 Å². The molecule has 2 aromatic rings. The van der Waals surface area contributed by atoms with Crippen molar-refractivity contribution >= 4 is 11.9 Å². The molecule has 0 fully saturated rings. The monoisotopic (exact) mass is 343 g/mol. The molecule has 6 nitrogen and oxygen atoms in total. The number of nitrogens with one attached hydrogen (secondary N) is 1. The van der Waals surface area contributed by atoms with Crippen LogP contribution in [-0.4, -0.2) is 47.4 Å². The highest BCUT2D eigenvalue weighted by Crippen LogP contribution is 2.23. The van der Waals surface area contributed by atoms with E-state index in [1.54, 1.807) is 25.1 Å². The molecule has 0 unspecified atom stereocenters. The zero-order chi connectivity index (χ0) is 18.4. The number of pyridine rings is 1. The number of amides is 1. The lowest BCUT2D eigenvalue weighted by Crippen LogP contribution is -2.30. The summed E-state index contributed by atoms with van der Waals surface area (Å²) in [6.07, 6.45) is 3.90.